The highest BCUT2D eigenvalue weighted by Crippen LogP contribution is 2.23. The van der Waals surface area contributed by atoms with Crippen LogP contribution in [0.25, 0.3) is 0 Å². The highest BCUT2D eigenvalue weighted by molar-refractivity contribution is 7.80. The molecular formula is C19H25N5OS. The Morgan fingerprint density at radius 1 is 1.15 bits per heavy atom. The molecule has 1 aliphatic rings. The lowest BCUT2D eigenvalue weighted by molar-refractivity contribution is 0.397. The van der Waals surface area contributed by atoms with Gasteiger partial charge in [-0.2, -0.15) is 9.97 Å². The summed E-state index contributed by atoms with van der Waals surface area (Å²) in [4.78, 5) is 11.3. The predicted molar refractivity (Wildman–Crippen MR) is 109 cm³/mol. The highest BCUT2D eigenvalue weighted by Gasteiger charge is 2.16. The molecule has 7 heteroatoms. The molecule has 1 saturated heterocycles. The fourth-order valence-corrected chi connectivity index (χ4v) is 3.29. The molecule has 6 nitrogen and oxygen atoms in total. The number of anilines is 2. The largest absolute Gasteiger partial charge is 0.481 e. The molecule has 138 valence electrons. The number of ether oxygens (including phenoxy) is 1. The van der Waals surface area contributed by atoms with Gasteiger partial charge in [-0.05, 0) is 44.0 Å². The monoisotopic (exact) mass is 371 g/mol. The third-order valence-electron chi connectivity index (χ3n) is 4.45. The van der Waals surface area contributed by atoms with Gasteiger partial charge in [0, 0.05) is 19.2 Å². The minimum atomic E-state index is 0.0865. The second-order valence-electron chi connectivity index (χ2n) is 6.37. The van der Waals surface area contributed by atoms with Gasteiger partial charge in [0.2, 0.25) is 11.8 Å². The molecule has 2 heterocycles. The molecule has 2 N–H and O–H groups in total. The molecule has 1 aromatic carbocycles. The summed E-state index contributed by atoms with van der Waals surface area (Å²) >= 11 is 5.43. The van der Waals surface area contributed by atoms with Crippen LogP contribution in [0.5, 0.6) is 5.88 Å². The molecule has 0 amide bonds. The first-order valence-corrected chi connectivity index (χ1v) is 9.37. The van der Waals surface area contributed by atoms with Gasteiger partial charge in [0.1, 0.15) is 5.82 Å². The molecule has 1 unspecified atom stereocenters. The predicted octanol–water partition coefficient (Wildman–Crippen LogP) is 3.52. The number of rotatable bonds is 5. The summed E-state index contributed by atoms with van der Waals surface area (Å²) in [7, 11) is 1.61. The summed E-state index contributed by atoms with van der Waals surface area (Å²) in [5, 5.41) is 6.84. The second kappa shape index (κ2) is 8.80. The van der Waals surface area contributed by atoms with Gasteiger partial charge < -0.3 is 20.3 Å². The van der Waals surface area contributed by atoms with Gasteiger partial charge in [0.15, 0.2) is 5.11 Å². The van der Waals surface area contributed by atoms with E-state index < -0.39 is 0 Å². The van der Waals surface area contributed by atoms with Crippen molar-refractivity contribution in [2.45, 2.75) is 32.2 Å². The van der Waals surface area contributed by atoms with E-state index in [1.165, 1.54) is 19.3 Å². The number of nitrogens with zero attached hydrogens (tertiary/aromatic N) is 3. The lowest BCUT2D eigenvalue weighted by Gasteiger charge is -2.28. The van der Waals surface area contributed by atoms with Crippen LogP contribution in [0.2, 0.25) is 0 Å². The van der Waals surface area contributed by atoms with Crippen LogP contribution in [0.15, 0.2) is 36.4 Å². The van der Waals surface area contributed by atoms with E-state index in [4.69, 9.17) is 17.0 Å². The summed E-state index contributed by atoms with van der Waals surface area (Å²) in [6, 6.07) is 12.1. The van der Waals surface area contributed by atoms with Gasteiger partial charge in [-0.15, -0.1) is 0 Å². The average molecular weight is 372 g/mol. The van der Waals surface area contributed by atoms with Gasteiger partial charge in [0.25, 0.3) is 0 Å². The number of piperidine rings is 1. The standard InChI is InChI=1S/C19H25N5OS/c1-14(15-9-5-3-6-10-15)20-19(26)23-18-21-16(13-17(22-18)25-2)24-11-7-4-8-12-24/h3,5-6,9-10,13-14H,4,7-8,11-12H2,1-2H3,(H2,20,21,22,23,26). The Bertz CT molecular complexity index is 734. The van der Waals surface area contributed by atoms with Crippen LogP contribution in [-0.2, 0) is 0 Å². The van der Waals surface area contributed by atoms with Gasteiger partial charge in [-0.1, -0.05) is 30.3 Å². The van der Waals surface area contributed by atoms with Crippen molar-refractivity contribution in [2.24, 2.45) is 0 Å². The number of methoxy groups -OCH3 is 1. The smallest absolute Gasteiger partial charge is 0.234 e. The third-order valence-corrected chi connectivity index (χ3v) is 4.67. The topological polar surface area (TPSA) is 62.3 Å². The van der Waals surface area contributed by atoms with E-state index >= 15 is 0 Å². The Balaban J connectivity index is 1.69. The Kier molecular flexibility index (Phi) is 6.22. The maximum Gasteiger partial charge on any atom is 0.234 e. The molecule has 1 fully saturated rings. The van der Waals surface area contributed by atoms with Crippen LogP contribution in [0, 0.1) is 0 Å². The van der Waals surface area contributed by atoms with E-state index in [0.29, 0.717) is 16.9 Å². The number of hydrogen-bond donors (Lipinski definition) is 2. The number of nitrogens with one attached hydrogen (secondary N) is 2. The van der Waals surface area contributed by atoms with Gasteiger partial charge in [-0.3, -0.25) is 0 Å². The van der Waals surface area contributed by atoms with Crippen LogP contribution in [0.4, 0.5) is 11.8 Å². The van der Waals surface area contributed by atoms with Crippen molar-refractivity contribution in [3.05, 3.63) is 42.0 Å². The first kappa shape index (κ1) is 18.4. The fraction of sp³-hybridized carbons (Fsp3) is 0.421. The molecule has 1 aromatic heterocycles. The van der Waals surface area contributed by atoms with Crippen molar-refractivity contribution in [3.63, 3.8) is 0 Å². The third kappa shape index (κ3) is 4.82. The zero-order valence-electron chi connectivity index (χ0n) is 15.2. The van der Waals surface area contributed by atoms with E-state index in [1.54, 1.807) is 7.11 Å². The molecular weight excluding hydrogens is 346 g/mol. The average Bonchev–Trinajstić information content (AvgIpc) is 2.69. The normalized spacial score (nSPS) is 15.2. The Morgan fingerprint density at radius 2 is 1.88 bits per heavy atom. The van der Waals surface area contributed by atoms with E-state index in [2.05, 4.69) is 44.6 Å². The fourth-order valence-electron chi connectivity index (χ4n) is 3.02. The summed E-state index contributed by atoms with van der Waals surface area (Å²) < 4.78 is 5.34. The van der Waals surface area contributed by atoms with E-state index in [-0.39, 0.29) is 6.04 Å². The molecule has 1 aliphatic heterocycles. The van der Waals surface area contributed by atoms with Gasteiger partial charge in [0.05, 0.1) is 13.2 Å². The zero-order chi connectivity index (χ0) is 18.4. The van der Waals surface area contributed by atoms with Crippen LogP contribution < -0.4 is 20.3 Å². The maximum absolute atomic E-state index is 5.43. The Hall–Kier alpha value is -2.41. The van der Waals surface area contributed by atoms with Gasteiger partial charge >= 0.3 is 0 Å². The van der Waals surface area contributed by atoms with Crippen molar-refractivity contribution in [1.82, 2.24) is 15.3 Å². The number of hydrogen-bond acceptors (Lipinski definition) is 5. The lowest BCUT2D eigenvalue weighted by Crippen LogP contribution is -2.33. The quantitative estimate of drug-likeness (QED) is 0.780. The first-order valence-electron chi connectivity index (χ1n) is 8.96. The Labute approximate surface area is 160 Å². The highest BCUT2D eigenvalue weighted by atomic mass is 32.1. The number of aromatic nitrogens is 2. The molecule has 0 radical (unpaired) electrons. The van der Waals surface area contributed by atoms with Crippen LogP contribution >= 0.6 is 12.2 Å². The second-order valence-corrected chi connectivity index (χ2v) is 6.78. The molecule has 1 atom stereocenters. The summed E-state index contributed by atoms with van der Waals surface area (Å²) in [6.45, 7) is 4.08. The molecule has 0 saturated carbocycles. The minimum absolute atomic E-state index is 0.0865. The van der Waals surface area contributed by atoms with E-state index in [9.17, 15) is 0 Å². The first-order chi connectivity index (χ1) is 12.7. The number of thiocarbonyl (C=S) groups is 1. The zero-order valence-corrected chi connectivity index (χ0v) is 16.1. The summed E-state index contributed by atoms with van der Waals surface area (Å²) in [5.41, 5.74) is 1.16. The SMILES string of the molecule is COc1cc(N2CCCCC2)nc(NC(=S)NC(C)c2ccccc2)n1. The van der Waals surface area contributed by atoms with Gasteiger partial charge in [-0.25, -0.2) is 0 Å². The van der Waals surface area contributed by atoms with Crippen molar-refractivity contribution in [1.29, 1.82) is 0 Å². The van der Waals surface area contributed by atoms with Crippen LogP contribution in [-0.4, -0.2) is 35.3 Å². The molecule has 0 bridgehead atoms. The molecule has 3 rings (SSSR count). The van der Waals surface area contributed by atoms with Crippen LogP contribution in [0.3, 0.4) is 0 Å². The molecule has 0 spiro atoms. The lowest BCUT2D eigenvalue weighted by atomic mass is 10.1. The number of benzene rings is 1. The molecule has 26 heavy (non-hydrogen) atoms. The Morgan fingerprint density at radius 3 is 2.58 bits per heavy atom. The summed E-state index contributed by atoms with van der Waals surface area (Å²) in [6.07, 6.45) is 3.64. The van der Waals surface area contributed by atoms with Crippen molar-refractivity contribution < 1.29 is 4.74 Å². The van der Waals surface area contributed by atoms with E-state index in [1.807, 2.05) is 24.3 Å². The maximum atomic E-state index is 5.43. The molecule has 2 aromatic rings. The van der Waals surface area contributed by atoms with Crippen molar-refractivity contribution in [3.8, 4) is 5.88 Å². The minimum Gasteiger partial charge on any atom is -0.481 e. The van der Waals surface area contributed by atoms with Crippen LogP contribution in [0.1, 0.15) is 37.8 Å². The summed E-state index contributed by atoms with van der Waals surface area (Å²) in [5.74, 6) is 1.85. The van der Waals surface area contributed by atoms with Crippen molar-refractivity contribution >= 4 is 29.1 Å². The van der Waals surface area contributed by atoms with E-state index in [0.717, 1.165) is 24.5 Å². The molecule has 0 aliphatic carbocycles. The van der Waals surface area contributed by atoms with Crippen molar-refractivity contribution in [2.75, 3.05) is 30.4 Å².